The first-order valence-electron chi connectivity index (χ1n) is 8.02. The predicted octanol–water partition coefficient (Wildman–Crippen LogP) is 1.57. The molecule has 8 nitrogen and oxygen atoms in total. The molecule has 2 rings (SSSR count). The first kappa shape index (κ1) is 20.1. The third-order valence-corrected chi connectivity index (χ3v) is 5.45. The number of benzene rings is 1. The van der Waals surface area contributed by atoms with Gasteiger partial charge in [-0.15, -0.1) is 0 Å². The second kappa shape index (κ2) is 8.43. The maximum Gasteiger partial charge on any atom is 0.251 e. The molecule has 1 aromatic carbocycles. The molecule has 0 aliphatic carbocycles. The van der Waals surface area contributed by atoms with Gasteiger partial charge in [-0.05, 0) is 32.0 Å². The van der Waals surface area contributed by atoms with Crippen LogP contribution in [0.1, 0.15) is 28.7 Å². The molecule has 142 valence electrons. The lowest BCUT2D eigenvalue weighted by atomic mass is 10.2. The zero-order valence-electron chi connectivity index (χ0n) is 15.2. The second-order valence-electron chi connectivity index (χ2n) is 6.05. The number of nitrogens with one attached hydrogen (secondary N) is 1. The van der Waals surface area contributed by atoms with Crippen molar-refractivity contribution in [1.29, 1.82) is 0 Å². The number of rotatable bonds is 8. The van der Waals surface area contributed by atoms with E-state index >= 15 is 0 Å². The molecular formula is C17H23N3O5S. The van der Waals surface area contributed by atoms with Gasteiger partial charge in [0.05, 0.1) is 23.7 Å². The molecule has 0 saturated heterocycles. The summed E-state index contributed by atoms with van der Waals surface area (Å²) in [5, 5.41) is 6.50. The number of hydrogen-bond acceptors (Lipinski definition) is 6. The van der Waals surface area contributed by atoms with Gasteiger partial charge in [0, 0.05) is 31.8 Å². The van der Waals surface area contributed by atoms with Gasteiger partial charge in [-0.2, -0.15) is 4.31 Å². The molecule has 1 N–H and O–H groups in total. The van der Waals surface area contributed by atoms with Crippen LogP contribution in [-0.2, 0) is 21.3 Å². The molecular weight excluding hydrogens is 358 g/mol. The molecule has 0 fully saturated rings. The number of carbonyl (C=O) groups excluding carboxylic acids is 1. The van der Waals surface area contributed by atoms with E-state index < -0.39 is 10.0 Å². The largest absolute Gasteiger partial charge is 0.383 e. The summed E-state index contributed by atoms with van der Waals surface area (Å²) in [6.07, 6.45) is 0. The number of hydrogen-bond donors (Lipinski definition) is 1. The minimum Gasteiger partial charge on any atom is -0.383 e. The molecule has 0 radical (unpaired) electrons. The molecule has 0 aliphatic rings. The summed E-state index contributed by atoms with van der Waals surface area (Å²) < 4.78 is 36.7. The van der Waals surface area contributed by atoms with E-state index in [0.29, 0.717) is 18.1 Å². The van der Waals surface area contributed by atoms with E-state index in [1.165, 1.54) is 25.2 Å². The molecule has 1 amide bonds. The molecule has 1 atom stereocenters. The molecule has 1 aromatic heterocycles. The normalized spacial score (nSPS) is 13.0. The highest BCUT2D eigenvalue weighted by Crippen LogP contribution is 2.18. The molecule has 0 bridgehead atoms. The Labute approximate surface area is 153 Å². The summed E-state index contributed by atoms with van der Waals surface area (Å²) in [5.74, 6) is 0.0796. The fraction of sp³-hybridized carbons (Fsp3) is 0.412. The fourth-order valence-electron chi connectivity index (χ4n) is 2.37. The van der Waals surface area contributed by atoms with Crippen molar-refractivity contribution in [1.82, 2.24) is 14.8 Å². The Morgan fingerprint density at radius 2 is 2.12 bits per heavy atom. The van der Waals surface area contributed by atoms with E-state index in [2.05, 4.69) is 10.5 Å². The van der Waals surface area contributed by atoms with Crippen molar-refractivity contribution in [2.24, 2.45) is 0 Å². The van der Waals surface area contributed by atoms with Crippen molar-refractivity contribution >= 4 is 15.9 Å². The molecule has 0 saturated carbocycles. The quantitative estimate of drug-likeness (QED) is 0.745. The van der Waals surface area contributed by atoms with Gasteiger partial charge in [0.1, 0.15) is 0 Å². The van der Waals surface area contributed by atoms with Crippen molar-refractivity contribution in [2.75, 3.05) is 20.8 Å². The molecule has 2 aromatic rings. The summed E-state index contributed by atoms with van der Waals surface area (Å²) in [6.45, 7) is 3.97. The van der Waals surface area contributed by atoms with Crippen molar-refractivity contribution in [3.05, 3.63) is 47.3 Å². The van der Waals surface area contributed by atoms with Gasteiger partial charge in [0.15, 0.2) is 5.76 Å². The van der Waals surface area contributed by atoms with Crippen LogP contribution in [0.25, 0.3) is 0 Å². The third kappa shape index (κ3) is 4.90. The maximum absolute atomic E-state index is 12.8. The van der Waals surface area contributed by atoms with Gasteiger partial charge in [-0.1, -0.05) is 11.2 Å². The Morgan fingerprint density at radius 1 is 1.38 bits per heavy atom. The van der Waals surface area contributed by atoms with E-state index in [-0.39, 0.29) is 29.0 Å². The molecule has 0 spiro atoms. The highest BCUT2D eigenvalue weighted by Gasteiger charge is 2.23. The summed E-state index contributed by atoms with van der Waals surface area (Å²) in [4.78, 5) is 12.3. The number of aryl methyl sites for hydroxylation is 1. The van der Waals surface area contributed by atoms with Crippen LogP contribution < -0.4 is 5.32 Å². The fourth-order valence-corrected chi connectivity index (χ4v) is 3.56. The summed E-state index contributed by atoms with van der Waals surface area (Å²) >= 11 is 0. The van der Waals surface area contributed by atoms with Gasteiger partial charge in [-0.25, -0.2) is 8.42 Å². The van der Waals surface area contributed by atoms with E-state index in [9.17, 15) is 13.2 Å². The minimum atomic E-state index is -3.78. The van der Waals surface area contributed by atoms with E-state index in [1.54, 1.807) is 33.1 Å². The van der Waals surface area contributed by atoms with Crippen molar-refractivity contribution in [2.45, 2.75) is 31.3 Å². The Bertz CT molecular complexity index is 863. The van der Waals surface area contributed by atoms with Crippen molar-refractivity contribution in [3.8, 4) is 0 Å². The van der Waals surface area contributed by atoms with Crippen LogP contribution in [0.3, 0.4) is 0 Å². The van der Waals surface area contributed by atoms with Gasteiger partial charge < -0.3 is 14.6 Å². The topological polar surface area (TPSA) is 102 Å². The number of aromatic nitrogens is 1. The van der Waals surface area contributed by atoms with Crippen LogP contribution >= 0.6 is 0 Å². The number of carbonyl (C=O) groups is 1. The minimum absolute atomic E-state index is 0.0308. The molecule has 26 heavy (non-hydrogen) atoms. The SMILES string of the molecule is COC[C@@H](C)NC(=O)c1cccc(S(=O)(=O)N(C)Cc2cc(C)no2)c1. The Hall–Kier alpha value is -2.23. The van der Waals surface area contributed by atoms with Crippen molar-refractivity contribution in [3.63, 3.8) is 0 Å². The first-order valence-corrected chi connectivity index (χ1v) is 9.46. The van der Waals surface area contributed by atoms with Gasteiger partial charge >= 0.3 is 0 Å². The predicted molar refractivity (Wildman–Crippen MR) is 95.1 cm³/mol. The Morgan fingerprint density at radius 3 is 2.73 bits per heavy atom. The zero-order valence-corrected chi connectivity index (χ0v) is 16.0. The van der Waals surface area contributed by atoms with Crippen LogP contribution in [-0.4, -0.2) is 50.6 Å². The molecule has 0 unspecified atom stereocenters. The molecule has 1 heterocycles. The monoisotopic (exact) mass is 381 g/mol. The van der Waals surface area contributed by atoms with Crippen molar-refractivity contribution < 1.29 is 22.5 Å². The Kier molecular flexibility index (Phi) is 6.52. The van der Waals surface area contributed by atoms with Crippen LogP contribution in [0.4, 0.5) is 0 Å². The van der Waals surface area contributed by atoms with E-state index in [0.717, 1.165) is 4.31 Å². The molecule has 0 aliphatic heterocycles. The number of ether oxygens (including phenoxy) is 1. The first-order chi connectivity index (χ1) is 12.2. The average Bonchev–Trinajstić information content (AvgIpc) is 3.00. The standard InChI is InChI=1S/C17H23N3O5S/c1-12-8-15(25-19-12)10-20(3)26(22,23)16-7-5-6-14(9-16)17(21)18-13(2)11-24-4/h5-9,13H,10-11H2,1-4H3,(H,18,21)/t13-/m1/s1. The lowest BCUT2D eigenvalue weighted by Gasteiger charge is -2.17. The van der Waals surface area contributed by atoms with Gasteiger partial charge in [0.25, 0.3) is 5.91 Å². The summed E-state index contributed by atoms with van der Waals surface area (Å²) in [5.41, 5.74) is 0.938. The number of sulfonamides is 1. The summed E-state index contributed by atoms with van der Waals surface area (Å²) in [7, 11) is -0.793. The number of amides is 1. The van der Waals surface area contributed by atoms with Gasteiger partial charge in [0.2, 0.25) is 10.0 Å². The highest BCUT2D eigenvalue weighted by molar-refractivity contribution is 7.89. The summed E-state index contributed by atoms with van der Waals surface area (Å²) in [6, 6.07) is 7.39. The van der Waals surface area contributed by atoms with Crippen LogP contribution in [0.2, 0.25) is 0 Å². The van der Waals surface area contributed by atoms with Crippen LogP contribution in [0, 0.1) is 6.92 Å². The van der Waals surface area contributed by atoms with Crippen LogP contribution in [0.15, 0.2) is 39.8 Å². The highest BCUT2D eigenvalue weighted by atomic mass is 32.2. The Balaban J connectivity index is 2.17. The maximum atomic E-state index is 12.8. The van der Waals surface area contributed by atoms with E-state index in [1.807, 2.05) is 0 Å². The molecule has 9 heteroatoms. The zero-order chi connectivity index (χ0) is 19.3. The second-order valence-corrected chi connectivity index (χ2v) is 8.10. The van der Waals surface area contributed by atoms with Crippen LogP contribution in [0.5, 0.6) is 0 Å². The smallest absolute Gasteiger partial charge is 0.251 e. The lowest BCUT2D eigenvalue weighted by molar-refractivity contribution is 0.0905. The third-order valence-electron chi connectivity index (χ3n) is 3.65. The number of nitrogens with zero attached hydrogens (tertiary/aromatic N) is 2. The van der Waals surface area contributed by atoms with E-state index in [4.69, 9.17) is 9.26 Å². The average molecular weight is 381 g/mol. The lowest BCUT2D eigenvalue weighted by Crippen LogP contribution is -2.35. The van der Waals surface area contributed by atoms with Gasteiger partial charge in [-0.3, -0.25) is 4.79 Å². The number of methoxy groups -OCH3 is 1.